The minimum Gasteiger partial charge on any atom is -0.469 e. The van der Waals surface area contributed by atoms with Gasteiger partial charge in [0.1, 0.15) is 23.0 Å². The molecule has 2 fully saturated rings. The highest BCUT2D eigenvalue weighted by atomic mass is 19.4. The number of esters is 1. The maximum absolute atomic E-state index is 13.1. The summed E-state index contributed by atoms with van der Waals surface area (Å²) in [6.45, 7) is 2.79. The van der Waals surface area contributed by atoms with Gasteiger partial charge in [0.15, 0.2) is 0 Å². The van der Waals surface area contributed by atoms with Crippen LogP contribution in [-0.2, 0) is 27.3 Å². The quantitative estimate of drug-likeness (QED) is 0.177. The van der Waals surface area contributed by atoms with Crippen molar-refractivity contribution in [2.24, 2.45) is 0 Å². The first kappa shape index (κ1) is 28.9. The van der Waals surface area contributed by atoms with Crippen molar-refractivity contribution >= 4 is 11.8 Å². The standard InChI is InChI=1S/C30H34F3N3O5/c1-3-21-11-12-22(36(21)26-13-8-19(17-34-26)16-27(37)38-2)14-15-39-18-24-28(35-41-29(24)20-9-10-20)23-6-4-5-7-25(23)40-30(31,32)33/h4-8,13,17,20-22H,3,9-12,14-16,18H2,1-2H3/t21?,22-/m0/s1. The van der Waals surface area contributed by atoms with E-state index in [0.29, 0.717) is 29.7 Å². The second-order valence-electron chi connectivity index (χ2n) is 10.5. The Morgan fingerprint density at radius 3 is 2.56 bits per heavy atom. The summed E-state index contributed by atoms with van der Waals surface area (Å²) < 4.78 is 59.9. The molecule has 1 aliphatic heterocycles. The molecule has 8 nitrogen and oxygen atoms in total. The molecule has 2 aromatic heterocycles. The molecule has 1 saturated carbocycles. The number of nitrogens with zero attached hydrogens (tertiary/aromatic N) is 3. The van der Waals surface area contributed by atoms with E-state index in [-0.39, 0.29) is 42.3 Å². The van der Waals surface area contributed by atoms with Crippen LogP contribution in [0.15, 0.2) is 47.1 Å². The van der Waals surface area contributed by atoms with Crippen molar-refractivity contribution in [2.75, 3.05) is 18.6 Å². The lowest BCUT2D eigenvalue weighted by Crippen LogP contribution is -2.37. The average molecular weight is 574 g/mol. The molecule has 2 atom stereocenters. The van der Waals surface area contributed by atoms with E-state index in [2.05, 4.69) is 26.7 Å². The number of halogens is 3. The van der Waals surface area contributed by atoms with E-state index >= 15 is 0 Å². The van der Waals surface area contributed by atoms with Crippen molar-refractivity contribution in [3.05, 3.63) is 59.5 Å². The number of methoxy groups -OCH3 is 1. The predicted octanol–water partition coefficient (Wildman–Crippen LogP) is 6.58. The highest BCUT2D eigenvalue weighted by molar-refractivity contribution is 5.72. The predicted molar refractivity (Wildman–Crippen MR) is 144 cm³/mol. The molecule has 11 heteroatoms. The monoisotopic (exact) mass is 573 g/mol. The molecule has 1 saturated heterocycles. The van der Waals surface area contributed by atoms with Crippen molar-refractivity contribution in [1.82, 2.24) is 10.1 Å². The van der Waals surface area contributed by atoms with Crippen molar-refractivity contribution in [1.29, 1.82) is 0 Å². The molecule has 0 bridgehead atoms. The van der Waals surface area contributed by atoms with Gasteiger partial charge < -0.3 is 23.6 Å². The summed E-state index contributed by atoms with van der Waals surface area (Å²) in [4.78, 5) is 18.6. The van der Waals surface area contributed by atoms with Crippen LogP contribution < -0.4 is 9.64 Å². The molecule has 220 valence electrons. The lowest BCUT2D eigenvalue weighted by Gasteiger charge is -2.31. The molecular weight excluding hydrogens is 539 g/mol. The van der Waals surface area contributed by atoms with E-state index in [1.807, 2.05) is 12.1 Å². The molecule has 1 aromatic carbocycles. The van der Waals surface area contributed by atoms with E-state index < -0.39 is 6.36 Å². The number of ether oxygens (including phenoxy) is 3. The van der Waals surface area contributed by atoms with Crippen LogP contribution in [0.4, 0.5) is 19.0 Å². The van der Waals surface area contributed by atoms with E-state index in [0.717, 1.165) is 49.9 Å². The van der Waals surface area contributed by atoms with Gasteiger partial charge in [0.05, 0.1) is 20.1 Å². The number of aromatic nitrogens is 2. The topological polar surface area (TPSA) is 86.9 Å². The molecule has 3 heterocycles. The summed E-state index contributed by atoms with van der Waals surface area (Å²) in [5, 5.41) is 4.15. The van der Waals surface area contributed by atoms with Crippen molar-refractivity contribution in [3.63, 3.8) is 0 Å². The van der Waals surface area contributed by atoms with Gasteiger partial charge in [-0.15, -0.1) is 13.2 Å². The van der Waals surface area contributed by atoms with Gasteiger partial charge >= 0.3 is 12.3 Å². The van der Waals surface area contributed by atoms with Crippen LogP contribution in [0.25, 0.3) is 11.3 Å². The number of hydrogen-bond donors (Lipinski definition) is 0. The van der Waals surface area contributed by atoms with Gasteiger partial charge in [-0.25, -0.2) is 4.98 Å². The number of hydrogen-bond acceptors (Lipinski definition) is 8. The van der Waals surface area contributed by atoms with Gasteiger partial charge in [-0.2, -0.15) is 0 Å². The van der Waals surface area contributed by atoms with Crippen LogP contribution in [0.5, 0.6) is 5.75 Å². The molecule has 0 amide bonds. The van der Waals surface area contributed by atoms with Crippen LogP contribution in [0, 0.1) is 0 Å². The molecule has 5 rings (SSSR count). The van der Waals surface area contributed by atoms with E-state index in [1.54, 1.807) is 18.3 Å². The summed E-state index contributed by atoms with van der Waals surface area (Å²) in [7, 11) is 1.37. The van der Waals surface area contributed by atoms with E-state index in [4.69, 9.17) is 14.0 Å². The van der Waals surface area contributed by atoms with Crippen LogP contribution in [0.1, 0.15) is 68.3 Å². The normalized spacial score (nSPS) is 19.0. The Hall–Kier alpha value is -3.60. The van der Waals surface area contributed by atoms with E-state index in [9.17, 15) is 18.0 Å². The SMILES string of the molecule is CCC1CC[C@@H](CCOCc2c(-c3ccccc3OC(F)(F)F)noc2C2CC2)N1c1ccc(CC(=O)OC)cn1. The Balaban J connectivity index is 1.26. The minimum atomic E-state index is -4.82. The first-order valence-corrected chi connectivity index (χ1v) is 14.0. The molecule has 0 N–H and O–H groups in total. The summed E-state index contributed by atoms with van der Waals surface area (Å²) >= 11 is 0. The first-order chi connectivity index (χ1) is 19.8. The fraction of sp³-hybridized carbons (Fsp3) is 0.500. The lowest BCUT2D eigenvalue weighted by atomic mass is 10.0. The zero-order chi connectivity index (χ0) is 29.0. The fourth-order valence-corrected chi connectivity index (χ4v) is 5.54. The number of rotatable bonds is 12. The summed E-state index contributed by atoms with van der Waals surface area (Å²) in [6, 6.07) is 10.4. The van der Waals surface area contributed by atoms with Gasteiger partial charge in [-0.3, -0.25) is 4.79 Å². The third-order valence-electron chi connectivity index (χ3n) is 7.72. The van der Waals surface area contributed by atoms with Crippen molar-refractivity contribution in [3.8, 4) is 17.0 Å². The van der Waals surface area contributed by atoms with Crippen LogP contribution in [-0.4, -0.2) is 48.3 Å². The molecule has 1 aliphatic carbocycles. The zero-order valence-electron chi connectivity index (χ0n) is 23.2. The molecule has 41 heavy (non-hydrogen) atoms. The third-order valence-corrected chi connectivity index (χ3v) is 7.72. The summed E-state index contributed by atoms with van der Waals surface area (Å²) in [5.41, 5.74) is 2.00. The van der Waals surface area contributed by atoms with E-state index in [1.165, 1.54) is 19.2 Å². The Morgan fingerprint density at radius 1 is 1.10 bits per heavy atom. The highest BCUT2D eigenvalue weighted by Gasteiger charge is 2.36. The number of carbonyl (C=O) groups is 1. The fourth-order valence-electron chi connectivity index (χ4n) is 5.54. The van der Waals surface area contributed by atoms with Crippen LogP contribution >= 0.6 is 0 Å². The smallest absolute Gasteiger partial charge is 0.469 e. The first-order valence-electron chi connectivity index (χ1n) is 14.0. The Morgan fingerprint density at radius 2 is 1.88 bits per heavy atom. The second kappa shape index (κ2) is 12.5. The lowest BCUT2D eigenvalue weighted by molar-refractivity contribution is -0.274. The number of alkyl halides is 3. The Kier molecular flexibility index (Phi) is 8.82. The van der Waals surface area contributed by atoms with Crippen LogP contribution in [0.3, 0.4) is 0 Å². The Labute approximate surface area is 236 Å². The number of carbonyl (C=O) groups excluding carboxylic acids is 1. The van der Waals surface area contributed by atoms with Gasteiger partial charge in [-0.1, -0.05) is 30.3 Å². The minimum absolute atomic E-state index is 0.176. The van der Waals surface area contributed by atoms with Crippen LogP contribution in [0.2, 0.25) is 0 Å². The Bertz CT molecular complexity index is 1320. The van der Waals surface area contributed by atoms with Gasteiger partial charge in [0.2, 0.25) is 0 Å². The van der Waals surface area contributed by atoms with Gasteiger partial charge in [0, 0.05) is 41.9 Å². The third kappa shape index (κ3) is 7.01. The highest BCUT2D eigenvalue weighted by Crippen LogP contribution is 2.45. The summed E-state index contributed by atoms with van der Waals surface area (Å²) in [6.07, 6.45) is 2.76. The molecular formula is C30H34F3N3O5. The number of anilines is 1. The average Bonchev–Trinajstić information content (AvgIpc) is 3.58. The molecule has 3 aromatic rings. The maximum atomic E-state index is 13.1. The second-order valence-corrected chi connectivity index (χ2v) is 10.5. The number of pyridine rings is 1. The zero-order valence-corrected chi connectivity index (χ0v) is 23.2. The maximum Gasteiger partial charge on any atom is 0.573 e. The summed E-state index contributed by atoms with van der Waals surface area (Å²) in [5.74, 6) is 1.11. The largest absolute Gasteiger partial charge is 0.573 e. The van der Waals surface area contributed by atoms with Crippen molar-refractivity contribution in [2.45, 2.75) is 82.8 Å². The molecule has 2 aliphatic rings. The molecule has 1 unspecified atom stereocenters. The van der Waals surface area contributed by atoms with Crippen molar-refractivity contribution < 1.29 is 36.7 Å². The number of para-hydroxylation sites is 1. The molecule has 0 radical (unpaired) electrons. The molecule has 0 spiro atoms. The number of benzene rings is 1. The van der Waals surface area contributed by atoms with Gasteiger partial charge in [-0.05, 0) is 62.3 Å². The van der Waals surface area contributed by atoms with Gasteiger partial charge in [0.25, 0.3) is 0 Å².